The van der Waals surface area contributed by atoms with E-state index in [0.29, 0.717) is 0 Å². The van der Waals surface area contributed by atoms with Crippen molar-refractivity contribution in [2.75, 3.05) is 6.54 Å². The molecule has 3 aromatic carbocycles. The van der Waals surface area contributed by atoms with Gasteiger partial charge in [-0.15, -0.1) is 0 Å². The van der Waals surface area contributed by atoms with Crippen LogP contribution in [0.1, 0.15) is 34.6 Å². The van der Waals surface area contributed by atoms with Gasteiger partial charge in [-0.2, -0.15) is 0 Å². The predicted octanol–water partition coefficient (Wildman–Crippen LogP) is 5.17. The quantitative estimate of drug-likeness (QED) is 0.519. The molecular weight excluding hydrogens is 433 g/mol. The van der Waals surface area contributed by atoms with Crippen molar-refractivity contribution in [3.05, 3.63) is 106 Å². The van der Waals surface area contributed by atoms with Crippen LogP contribution in [0.5, 0.6) is 0 Å². The van der Waals surface area contributed by atoms with Gasteiger partial charge >= 0.3 is 11.9 Å². The Bertz CT molecular complexity index is 988. The minimum atomic E-state index is -1.82. The summed E-state index contributed by atoms with van der Waals surface area (Å²) in [5.41, 5.74) is 5.22. The molecule has 1 unspecified atom stereocenters. The van der Waals surface area contributed by atoms with Crippen molar-refractivity contribution < 1.29 is 24.2 Å². The van der Waals surface area contributed by atoms with Crippen molar-refractivity contribution in [2.45, 2.75) is 25.4 Å². The monoisotopic (exact) mass is 455 g/mol. The van der Waals surface area contributed by atoms with Crippen LogP contribution in [0.2, 0.25) is 5.02 Å². The number of halogens is 2. The maximum absolute atomic E-state index is 13.4. The first kappa shape index (κ1) is 23.4. The molecule has 5 nitrogen and oxygen atoms in total. The van der Waals surface area contributed by atoms with E-state index in [-0.39, 0.29) is 11.7 Å². The molecule has 0 saturated carbocycles. The summed E-state index contributed by atoms with van der Waals surface area (Å²) in [6.45, 7) is 3.01. The lowest BCUT2D eigenvalue weighted by atomic mass is 9.88. The summed E-state index contributed by atoms with van der Waals surface area (Å²) in [6, 6.07) is 23.5. The van der Waals surface area contributed by atoms with Crippen molar-refractivity contribution in [3.8, 4) is 0 Å². The maximum atomic E-state index is 13.4. The summed E-state index contributed by atoms with van der Waals surface area (Å²) >= 11 is 6.06. The maximum Gasteiger partial charge on any atom is 0.414 e. The molecule has 1 aliphatic heterocycles. The van der Waals surface area contributed by atoms with Gasteiger partial charge in [0.2, 0.25) is 0 Å². The Morgan fingerprint density at radius 3 is 1.78 bits per heavy atom. The molecule has 4 rings (SSSR count). The van der Waals surface area contributed by atoms with Crippen molar-refractivity contribution >= 4 is 23.5 Å². The van der Waals surface area contributed by atoms with Crippen LogP contribution in [0.3, 0.4) is 0 Å². The standard InChI is InChI=1S/C23H21ClFN.C2H2O4/c24-21-9-5-17(6-10-21)23(18-7-11-22(25)12-8-18)13-14-26-15-19-3-1-2-4-20(19)16-26;3-1(4)2(5)6/h1-12,23H,13-16H2;(H,3,4)(H,5,6). The molecule has 0 aromatic heterocycles. The Morgan fingerprint density at radius 1 is 0.844 bits per heavy atom. The Kier molecular flexibility index (Phi) is 7.98. The highest BCUT2D eigenvalue weighted by Crippen LogP contribution is 2.31. The zero-order valence-corrected chi connectivity index (χ0v) is 18.0. The molecular formula is C25H23ClFNO4. The molecule has 2 N–H and O–H groups in total. The minimum absolute atomic E-state index is 0.196. The molecule has 0 fully saturated rings. The Labute approximate surface area is 190 Å². The highest BCUT2D eigenvalue weighted by atomic mass is 35.5. The van der Waals surface area contributed by atoms with E-state index in [1.807, 2.05) is 24.3 Å². The third-order valence-electron chi connectivity index (χ3n) is 5.37. The molecule has 0 bridgehead atoms. The van der Waals surface area contributed by atoms with Gasteiger partial charge in [-0.3, -0.25) is 4.90 Å². The van der Waals surface area contributed by atoms with Crippen LogP contribution in [-0.4, -0.2) is 33.6 Å². The Hall–Kier alpha value is -3.22. The van der Waals surface area contributed by atoms with Crippen molar-refractivity contribution in [2.24, 2.45) is 0 Å². The van der Waals surface area contributed by atoms with Crippen LogP contribution in [0.25, 0.3) is 0 Å². The van der Waals surface area contributed by atoms with Crippen molar-refractivity contribution in [1.82, 2.24) is 4.90 Å². The Morgan fingerprint density at radius 2 is 1.31 bits per heavy atom. The number of rotatable bonds is 5. The van der Waals surface area contributed by atoms with E-state index in [2.05, 4.69) is 41.3 Å². The van der Waals surface area contributed by atoms with E-state index >= 15 is 0 Å². The number of nitrogens with zero attached hydrogens (tertiary/aromatic N) is 1. The molecule has 1 heterocycles. The largest absolute Gasteiger partial charge is 0.473 e. The van der Waals surface area contributed by atoms with Gasteiger partial charge in [-0.05, 0) is 59.5 Å². The first-order valence-corrected chi connectivity index (χ1v) is 10.5. The van der Waals surface area contributed by atoms with Crippen molar-refractivity contribution in [3.63, 3.8) is 0 Å². The summed E-state index contributed by atoms with van der Waals surface area (Å²) in [4.78, 5) is 20.7. The number of carbonyl (C=O) groups is 2. The average molecular weight is 456 g/mol. The summed E-state index contributed by atoms with van der Waals surface area (Å²) in [6.07, 6.45) is 0.987. The number of carboxylic acids is 2. The summed E-state index contributed by atoms with van der Waals surface area (Å²) in [7, 11) is 0. The van der Waals surface area contributed by atoms with Gasteiger partial charge in [0.15, 0.2) is 0 Å². The molecule has 7 heteroatoms. The topological polar surface area (TPSA) is 77.8 Å². The number of hydrogen-bond acceptors (Lipinski definition) is 3. The zero-order valence-electron chi connectivity index (χ0n) is 17.2. The third kappa shape index (κ3) is 6.39. The van der Waals surface area contributed by atoms with E-state index in [9.17, 15) is 4.39 Å². The molecule has 0 spiro atoms. The lowest BCUT2D eigenvalue weighted by molar-refractivity contribution is -0.159. The van der Waals surface area contributed by atoms with Crippen LogP contribution in [0, 0.1) is 5.82 Å². The fourth-order valence-electron chi connectivity index (χ4n) is 3.79. The molecule has 0 saturated heterocycles. The molecule has 32 heavy (non-hydrogen) atoms. The van der Waals surface area contributed by atoms with Gasteiger partial charge in [-0.1, -0.05) is 60.1 Å². The van der Waals surface area contributed by atoms with Crippen LogP contribution in [-0.2, 0) is 22.7 Å². The number of carboxylic acid groups (broad SMARTS) is 2. The van der Waals surface area contributed by atoms with Gasteiger partial charge in [-0.25, -0.2) is 14.0 Å². The average Bonchev–Trinajstić information content (AvgIpc) is 3.19. The second-order valence-electron chi connectivity index (χ2n) is 7.53. The van der Waals surface area contributed by atoms with Gasteiger partial charge < -0.3 is 10.2 Å². The first-order valence-electron chi connectivity index (χ1n) is 10.1. The number of benzene rings is 3. The smallest absolute Gasteiger partial charge is 0.414 e. The number of aliphatic carboxylic acids is 2. The van der Waals surface area contributed by atoms with Crippen LogP contribution in [0.4, 0.5) is 4.39 Å². The van der Waals surface area contributed by atoms with Crippen LogP contribution >= 0.6 is 11.6 Å². The van der Waals surface area contributed by atoms with E-state index in [4.69, 9.17) is 31.4 Å². The van der Waals surface area contributed by atoms with Crippen LogP contribution < -0.4 is 0 Å². The summed E-state index contributed by atoms with van der Waals surface area (Å²) in [5.74, 6) is -3.61. The van der Waals surface area contributed by atoms with Gasteiger partial charge in [0.25, 0.3) is 0 Å². The van der Waals surface area contributed by atoms with Crippen LogP contribution in [0.15, 0.2) is 72.8 Å². The van der Waals surface area contributed by atoms with Gasteiger partial charge in [0, 0.05) is 24.0 Å². The van der Waals surface area contributed by atoms with E-state index in [1.54, 1.807) is 12.1 Å². The molecule has 0 aliphatic carbocycles. The van der Waals surface area contributed by atoms with E-state index < -0.39 is 11.9 Å². The lowest BCUT2D eigenvalue weighted by Crippen LogP contribution is -2.20. The highest BCUT2D eigenvalue weighted by Gasteiger charge is 2.21. The summed E-state index contributed by atoms with van der Waals surface area (Å²) in [5, 5.41) is 15.5. The number of hydrogen-bond donors (Lipinski definition) is 2. The highest BCUT2D eigenvalue weighted by molar-refractivity contribution is 6.30. The van der Waals surface area contributed by atoms with Gasteiger partial charge in [0.05, 0.1) is 0 Å². The molecule has 1 atom stereocenters. The zero-order chi connectivity index (χ0) is 23.1. The Balaban J connectivity index is 0.000000427. The van der Waals surface area contributed by atoms with Gasteiger partial charge in [0.1, 0.15) is 5.82 Å². The SMILES string of the molecule is Fc1ccc(C(CCN2Cc3ccccc3C2)c2ccc(Cl)cc2)cc1.O=C(O)C(=O)O. The molecule has 3 aromatic rings. The fourth-order valence-corrected chi connectivity index (χ4v) is 3.92. The molecule has 1 aliphatic rings. The lowest BCUT2D eigenvalue weighted by Gasteiger charge is -2.22. The predicted molar refractivity (Wildman–Crippen MR) is 120 cm³/mol. The molecule has 0 amide bonds. The number of fused-ring (bicyclic) bond motifs is 1. The second-order valence-corrected chi connectivity index (χ2v) is 7.97. The third-order valence-corrected chi connectivity index (χ3v) is 5.62. The fraction of sp³-hybridized carbons (Fsp3) is 0.200. The minimum Gasteiger partial charge on any atom is -0.473 e. The van der Waals surface area contributed by atoms with Crippen molar-refractivity contribution in [1.29, 1.82) is 0 Å². The molecule has 166 valence electrons. The summed E-state index contributed by atoms with van der Waals surface area (Å²) < 4.78 is 13.4. The normalized spacial score (nSPS) is 13.6. The first-order chi connectivity index (χ1) is 15.3. The van der Waals surface area contributed by atoms with E-state index in [1.165, 1.54) is 16.7 Å². The second kappa shape index (κ2) is 10.9. The molecule has 0 radical (unpaired) electrons. The van der Waals surface area contributed by atoms with E-state index in [0.717, 1.165) is 36.6 Å².